The average Bonchev–Trinajstić information content (AvgIpc) is 2.56. The van der Waals surface area contributed by atoms with E-state index < -0.39 is 0 Å². The van der Waals surface area contributed by atoms with Gasteiger partial charge in [-0.25, -0.2) is 9.53 Å². The molecular formula is C13H13NO2. The van der Waals surface area contributed by atoms with Crippen molar-refractivity contribution in [3.63, 3.8) is 0 Å². The predicted octanol–water partition coefficient (Wildman–Crippen LogP) is 2.60. The summed E-state index contributed by atoms with van der Waals surface area (Å²) in [5.41, 5.74) is 2.04. The maximum Gasteiger partial charge on any atom is 0.365 e. The second kappa shape index (κ2) is 4.23. The summed E-state index contributed by atoms with van der Waals surface area (Å²) in [5, 5.41) is 0. The largest absolute Gasteiger partial charge is 0.365 e. The molecule has 16 heavy (non-hydrogen) atoms. The van der Waals surface area contributed by atoms with Crippen molar-refractivity contribution < 1.29 is 4.52 Å². The molecule has 0 unspecified atom stereocenters. The first kappa shape index (κ1) is 10.5. The first-order chi connectivity index (χ1) is 7.74. The summed E-state index contributed by atoms with van der Waals surface area (Å²) in [5.74, 6) is 0. The van der Waals surface area contributed by atoms with Crippen molar-refractivity contribution in [2.75, 3.05) is 0 Å². The summed E-state index contributed by atoms with van der Waals surface area (Å²) in [7, 11) is 0. The fraction of sp³-hybridized carbons (Fsp3) is 0.154. The molecule has 1 aromatic heterocycles. The molecule has 0 radical (unpaired) electrons. The van der Waals surface area contributed by atoms with Gasteiger partial charge in [0.25, 0.3) is 0 Å². The zero-order chi connectivity index (χ0) is 11.5. The molecule has 0 saturated heterocycles. The lowest BCUT2D eigenvalue weighted by Gasteiger charge is -1.99. The monoisotopic (exact) mass is 215 g/mol. The molecule has 1 aromatic carbocycles. The van der Waals surface area contributed by atoms with E-state index in [2.05, 4.69) is 6.58 Å². The van der Waals surface area contributed by atoms with Crippen LogP contribution in [0.3, 0.4) is 0 Å². The van der Waals surface area contributed by atoms with Crippen molar-refractivity contribution in [3.05, 3.63) is 59.1 Å². The average molecular weight is 215 g/mol. The van der Waals surface area contributed by atoms with Crippen LogP contribution in [0.15, 0.2) is 52.3 Å². The van der Waals surface area contributed by atoms with E-state index in [-0.39, 0.29) is 5.63 Å². The Kier molecular flexibility index (Phi) is 2.77. The first-order valence-corrected chi connectivity index (χ1v) is 5.11. The molecule has 0 bridgehead atoms. The van der Waals surface area contributed by atoms with Gasteiger partial charge in [0.2, 0.25) is 0 Å². The molecular weight excluding hydrogens is 202 g/mol. The maximum atomic E-state index is 11.7. The number of allylic oxidation sites excluding steroid dienone is 1. The summed E-state index contributed by atoms with van der Waals surface area (Å²) in [6.07, 6.45) is 1.70. The number of benzene rings is 1. The predicted molar refractivity (Wildman–Crippen MR) is 63.3 cm³/mol. The molecule has 82 valence electrons. The van der Waals surface area contributed by atoms with Crippen molar-refractivity contribution >= 4 is 0 Å². The molecule has 0 amide bonds. The van der Waals surface area contributed by atoms with Gasteiger partial charge in [0.15, 0.2) is 0 Å². The van der Waals surface area contributed by atoms with Crippen LogP contribution in [0.1, 0.15) is 5.69 Å². The van der Waals surface area contributed by atoms with E-state index in [9.17, 15) is 4.79 Å². The number of hydrogen-bond acceptors (Lipinski definition) is 2. The number of aromatic nitrogens is 1. The van der Waals surface area contributed by atoms with Crippen LogP contribution >= 0.6 is 0 Å². The van der Waals surface area contributed by atoms with Crippen molar-refractivity contribution in [2.45, 2.75) is 13.5 Å². The fourth-order valence-electron chi connectivity index (χ4n) is 1.71. The van der Waals surface area contributed by atoms with E-state index in [0.29, 0.717) is 12.1 Å². The molecule has 0 atom stereocenters. The number of nitrogens with zero attached hydrogens (tertiary/aromatic N) is 1. The second-order valence-corrected chi connectivity index (χ2v) is 3.55. The molecule has 0 aliphatic rings. The fourth-order valence-corrected chi connectivity index (χ4v) is 1.71. The molecule has 2 aromatic rings. The maximum absolute atomic E-state index is 11.7. The van der Waals surface area contributed by atoms with Gasteiger partial charge in [0.1, 0.15) is 0 Å². The third-order valence-electron chi connectivity index (χ3n) is 2.49. The minimum Gasteiger partial charge on any atom is -0.335 e. The summed E-state index contributed by atoms with van der Waals surface area (Å²) >= 11 is 0. The van der Waals surface area contributed by atoms with Gasteiger partial charge in [-0.1, -0.05) is 36.4 Å². The van der Waals surface area contributed by atoms with Gasteiger partial charge in [-0.3, -0.25) is 0 Å². The SMILES string of the molecule is C=CCn1oc(=O)c(-c2ccccc2)c1C. The van der Waals surface area contributed by atoms with E-state index in [0.717, 1.165) is 11.3 Å². The Morgan fingerprint density at radius 1 is 1.38 bits per heavy atom. The van der Waals surface area contributed by atoms with E-state index in [4.69, 9.17) is 4.52 Å². The van der Waals surface area contributed by atoms with E-state index in [1.54, 1.807) is 10.8 Å². The summed E-state index contributed by atoms with van der Waals surface area (Å²) < 4.78 is 6.68. The Morgan fingerprint density at radius 3 is 2.69 bits per heavy atom. The third-order valence-corrected chi connectivity index (χ3v) is 2.49. The van der Waals surface area contributed by atoms with Gasteiger partial charge >= 0.3 is 5.63 Å². The van der Waals surface area contributed by atoms with E-state index in [1.165, 1.54) is 0 Å². The highest BCUT2D eigenvalue weighted by Crippen LogP contribution is 2.19. The normalized spacial score (nSPS) is 10.3. The van der Waals surface area contributed by atoms with Crippen LogP contribution in [0.4, 0.5) is 0 Å². The minimum absolute atomic E-state index is 0.300. The van der Waals surface area contributed by atoms with Crippen molar-refractivity contribution in [2.24, 2.45) is 0 Å². The van der Waals surface area contributed by atoms with Gasteiger partial charge in [-0.15, -0.1) is 6.58 Å². The zero-order valence-electron chi connectivity index (χ0n) is 9.14. The molecule has 0 aliphatic heterocycles. The molecule has 1 heterocycles. The van der Waals surface area contributed by atoms with Crippen LogP contribution in [-0.2, 0) is 6.54 Å². The Morgan fingerprint density at radius 2 is 2.06 bits per heavy atom. The van der Waals surface area contributed by atoms with Gasteiger partial charge in [0.05, 0.1) is 17.8 Å². The minimum atomic E-state index is -0.300. The lowest BCUT2D eigenvalue weighted by molar-refractivity contribution is 0.264. The van der Waals surface area contributed by atoms with Crippen LogP contribution in [0.5, 0.6) is 0 Å². The van der Waals surface area contributed by atoms with Crippen LogP contribution in [0.2, 0.25) is 0 Å². The Labute approximate surface area is 93.6 Å². The van der Waals surface area contributed by atoms with Crippen molar-refractivity contribution in [3.8, 4) is 11.1 Å². The third kappa shape index (κ3) is 1.72. The lowest BCUT2D eigenvalue weighted by Crippen LogP contribution is -1.96. The second-order valence-electron chi connectivity index (χ2n) is 3.55. The highest BCUT2D eigenvalue weighted by atomic mass is 16.5. The van der Waals surface area contributed by atoms with Gasteiger partial charge < -0.3 is 4.52 Å². The molecule has 0 fully saturated rings. The molecule has 0 N–H and O–H groups in total. The molecule has 0 aliphatic carbocycles. The van der Waals surface area contributed by atoms with Gasteiger partial charge in [-0.2, -0.15) is 0 Å². The Hall–Kier alpha value is -2.03. The summed E-state index contributed by atoms with van der Waals surface area (Å²) in [4.78, 5) is 11.7. The van der Waals surface area contributed by atoms with E-state index in [1.807, 2.05) is 37.3 Å². The summed E-state index contributed by atoms with van der Waals surface area (Å²) in [6, 6.07) is 9.52. The van der Waals surface area contributed by atoms with Crippen molar-refractivity contribution in [1.29, 1.82) is 0 Å². The highest BCUT2D eigenvalue weighted by Gasteiger charge is 2.13. The molecule has 0 spiro atoms. The van der Waals surface area contributed by atoms with Crippen molar-refractivity contribution in [1.82, 2.24) is 4.74 Å². The van der Waals surface area contributed by atoms with Gasteiger partial charge in [0, 0.05) is 0 Å². The van der Waals surface area contributed by atoms with Gasteiger partial charge in [-0.05, 0) is 12.5 Å². The highest BCUT2D eigenvalue weighted by molar-refractivity contribution is 5.64. The number of rotatable bonds is 3. The first-order valence-electron chi connectivity index (χ1n) is 5.11. The number of hydrogen-bond donors (Lipinski definition) is 0. The Balaban J connectivity index is 2.58. The quantitative estimate of drug-likeness (QED) is 0.738. The smallest absolute Gasteiger partial charge is 0.335 e. The molecule has 3 nitrogen and oxygen atoms in total. The standard InChI is InChI=1S/C13H13NO2/c1-3-9-14-10(2)12(13(15)16-14)11-7-5-4-6-8-11/h3-8H,1,9H2,2H3. The van der Waals surface area contributed by atoms with Crippen LogP contribution < -0.4 is 5.63 Å². The molecule has 2 rings (SSSR count). The van der Waals surface area contributed by atoms with Crippen LogP contribution in [0.25, 0.3) is 11.1 Å². The summed E-state index contributed by atoms with van der Waals surface area (Å²) in [6.45, 7) is 6.01. The van der Waals surface area contributed by atoms with E-state index >= 15 is 0 Å². The van der Waals surface area contributed by atoms with Crippen LogP contribution in [0, 0.1) is 6.92 Å². The molecule has 3 heteroatoms. The van der Waals surface area contributed by atoms with Crippen LogP contribution in [-0.4, -0.2) is 4.74 Å². The Bertz CT molecular complexity index is 549. The topological polar surface area (TPSA) is 35.1 Å². The zero-order valence-corrected chi connectivity index (χ0v) is 9.14. The lowest BCUT2D eigenvalue weighted by atomic mass is 10.1. The molecule has 0 saturated carbocycles.